The Morgan fingerprint density at radius 2 is 1.90 bits per heavy atom. The number of aromatic nitrogens is 1. The third-order valence-corrected chi connectivity index (χ3v) is 4.84. The lowest BCUT2D eigenvalue weighted by molar-refractivity contribution is -0.118. The van der Waals surface area contributed by atoms with Crippen LogP contribution in [0.2, 0.25) is 0 Å². The second kappa shape index (κ2) is 8.65. The van der Waals surface area contributed by atoms with Crippen LogP contribution < -0.4 is 10.2 Å². The maximum absolute atomic E-state index is 12.3. The zero-order valence-corrected chi connectivity index (χ0v) is 15.9. The molecule has 1 aromatic heterocycles. The van der Waals surface area contributed by atoms with Crippen molar-refractivity contribution >= 4 is 28.3 Å². The van der Waals surface area contributed by atoms with E-state index in [1.165, 1.54) is 0 Å². The zero-order chi connectivity index (χ0) is 20.1. The lowest BCUT2D eigenvalue weighted by atomic mass is 9.97. The predicted molar refractivity (Wildman–Crippen MR) is 111 cm³/mol. The van der Waals surface area contributed by atoms with E-state index in [1.54, 1.807) is 18.3 Å². The standard InChI is InChI=1S/C23H21N3O3/c27-20-7-2-6-19(14-20)25-26-23(28)18-11-9-16(10-12-18)15-29-21-8-1-4-17-5-3-13-24-22(17)21/h1,3-5,8-13H,2,6-7,14-15H2,(H,26,28)/b25-19-. The number of nitrogens with zero attached hydrogens (tertiary/aromatic N) is 2. The van der Waals surface area contributed by atoms with Gasteiger partial charge in [0, 0.05) is 35.7 Å². The Kier molecular flexibility index (Phi) is 5.61. The molecule has 0 unspecified atom stereocenters. The Balaban J connectivity index is 1.37. The number of amides is 1. The molecule has 1 heterocycles. The van der Waals surface area contributed by atoms with E-state index >= 15 is 0 Å². The largest absolute Gasteiger partial charge is 0.487 e. The predicted octanol–water partition coefficient (Wildman–Crippen LogP) is 4.04. The van der Waals surface area contributed by atoms with E-state index in [-0.39, 0.29) is 11.7 Å². The van der Waals surface area contributed by atoms with E-state index in [0.717, 1.165) is 40.8 Å². The quantitative estimate of drug-likeness (QED) is 0.670. The minimum Gasteiger partial charge on any atom is -0.487 e. The molecule has 1 aliphatic carbocycles. The van der Waals surface area contributed by atoms with Crippen LogP contribution in [0.15, 0.2) is 65.9 Å². The monoisotopic (exact) mass is 387 g/mol. The summed E-state index contributed by atoms with van der Waals surface area (Å²) in [5.41, 5.74) is 5.56. The number of carbonyl (C=O) groups excluding carboxylic acids is 2. The van der Waals surface area contributed by atoms with Crippen molar-refractivity contribution in [1.29, 1.82) is 0 Å². The number of carbonyl (C=O) groups is 2. The molecular weight excluding hydrogens is 366 g/mol. The number of nitrogens with one attached hydrogen (secondary N) is 1. The van der Waals surface area contributed by atoms with Gasteiger partial charge in [-0.3, -0.25) is 14.6 Å². The van der Waals surface area contributed by atoms with Gasteiger partial charge in [-0.05, 0) is 42.7 Å². The fourth-order valence-electron chi connectivity index (χ4n) is 3.29. The smallest absolute Gasteiger partial charge is 0.271 e. The number of benzene rings is 2. The average Bonchev–Trinajstić information content (AvgIpc) is 2.76. The van der Waals surface area contributed by atoms with Gasteiger partial charge in [-0.1, -0.05) is 30.3 Å². The summed E-state index contributed by atoms with van der Waals surface area (Å²) >= 11 is 0. The number of Topliss-reactive ketones (excluding diaryl/α,β-unsaturated/α-hetero) is 1. The van der Waals surface area contributed by atoms with Crippen LogP contribution in [0.3, 0.4) is 0 Å². The molecule has 146 valence electrons. The lowest BCUT2D eigenvalue weighted by Crippen LogP contribution is -2.22. The molecule has 0 spiro atoms. The van der Waals surface area contributed by atoms with E-state index in [4.69, 9.17) is 4.74 Å². The van der Waals surface area contributed by atoms with Gasteiger partial charge < -0.3 is 4.74 Å². The molecule has 4 rings (SSSR count). The van der Waals surface area contributed by atoms with Crippen molar-refractivity contribution in [2.75, 3.05) is 0 Å². The first-order valence-electron chi connectivity index (χ1n) is 9.62. The highest BCUT2D eigenvalue weighted by atomic mass is 16.5. The Bertz CT molecular complexity index is 1070. The highest BCUT2D eigenvalue weighted by Crippen LogP contribution is 2.24. The summed E-state index contributed by atoms with van der Waals surface area (Å²) in [6.45, 7) is 0.377. The van der Waals surface area contributed by atoms with E-state index in [0.29, 0.717) is 25.0 Å². The molecule has 0 radical (unpaired) electrons. The number of ether oxygens (including phenoxy) is 1. The van der Waals surface area contributed by atoms with Crippen molar-refractivity contribution < 1.29 is 14.3 Å². The molecule has 1 saturated carbocycles. The van der Waals surface area contributed by atoms with Crippen molar-refractivity contribution in [2.24, 2.45) is 5.10 Å². The molecule has 0 atom stereocenters. The van der Waals surface area contributed by atoms with Crippen LogP contribution in [-0.2, 0) is 11.4 Å². The van der Waals surface area contributed by atoms with Gasteiger partial charge in [0.15, 0.2) is 0 Å². The number of ketones is 1. The first-order valence-corrected chi connectivity index (χ1v) is 9.62. The Morgan fingerprint density at radius 3 is 2.72 bits per heavy atom. The van der Waals surface area contributed by atoms with Gasteiger partial charge in [0.25, 0.3) is 5.91 Å². The molecule has 6 heteroatoms. The van der Waals surface area contributed by atoms with Crippen LogP contribution in [0, 0.1) is 0 Å². The Morgan fingerprint density at radius 1 is 1.07 bits per heavy atom. The molecule has 0 bridgehead atoms. The number of hydrazone groups is 1. The molecule has 29 heavy (non-hydrogen) atoms. The first-order chi connectivity index (χ1) is 14.2. The topological polar surface area (TPSA) is 80.7 Å². The van der Waals surface area contributed by atoms with Gasteiger partial charge in [-0.2, -0.15) is 5.10 Å². The lowest BCUT2D eigenvalue weighted by Gasteiger charge is -2.11. The number of para-hydroxylation sites is 1. The number of pyridine rings is 1. The van der Waals surface area contributed by atoms with Crippen molar-refractivity contribution in [3.8, 4) is 5.75 Å². The van der Waals surface area contributed by atoms with Crippen molar-refractivity contribution in [3.63, 3.8) is 0 Å². The maximum Gasteiger partial charge on any atom is 0.271 e. The molecule has 0 saturated heterocycles. The van der Waals surface area contributed by atoms with E-state index in [2.05, 4.69) is 15.5 Å². The molecule has 1 fully saturated rings. The van der Waals surface area contributed by atoms with Crippen LogP contribution in [0.5, 0.6) is 5.75 Å². The highest BCUT2D eigenvalue weighted by molar-refractivity contribution is 6.04. The van der Waals surface area contributed by atoms with Gasteiger partial charge in [-0.25, -0.2) is 5.43 Å². The number of hydrogen-bond donors (Lipinski definition) is 1. The minimum absolute atomic E-state index is 0.176. The summed E-state index contributed by atoms with van der Waals surface area (Å²) < 4.78 is 5.93. The summed E-state index contributed by atoms with van der Waals surface area (Å²) in [4.78, 5) is 28.1. The second-order valence-electron chi connectivity index (χ2n) is 7.00. The van der Waals surface area contributed by atoms with Gasteiger partial charge >= 0.3 is 0 Å². The fraction of sp³-hybridized carbons (Fsp3) is 0.217. The first kappa shape index (κ1) is 18.8. The second-order valence-corrected chi connectivity index (χ2v) is 7.00. The maximum atomic E-state index is 12.3. The molecule has 1 amide bonds. The third-order valence-electron chi connectivity index (χ3n) is 4.84. The molecular formula is C23H21N3O3. The summed E-state index contributed by atoms with van der Waals surface area (Å²) in [7, 11) is 0. The SMILES string of the molecule is O=C1CCC/C(=N/NC(=O)c2ccc(COc3cccc4cccnc34)cc2)C1. The highest BCUT2D eigenvalue weighted by Gasteiger charge is 2.15. The third kappa shape index (κ3) is 4.66. The fourth-order valence-corrected chi connectivity index (χ4v) is 3.29. The van der Waals surface area contributed by atoms with Crippen molar-refractivity contribution in [1.82, 2.24) is 10.4 Å². The van der Waals surface area contributed by atoms with Crippen LogP contribution in [0.25, 0.3) is 10.9 Å². The van der Waals surface area contributed by atoms with Crippen LogP contribution >= 0.6 is 0 Å². The number of fused-ring (bicyclic) bond motifs is 1. The summed E-state index contributed by atoms with van der Waals surface area (Å²) in [5, 5.41) is 5.13. The van der Waals surface area contributed by atoms with E-state index < -0.39 is 0 Å². The van der Waals surface area contributed by atoms with Gasteiger partial charge in [0.2, 0.25) is 0 Å². The van der Waals surface area contributed by atoms with Gasteiger partial charge in [-0.15, -0.1) is 0 Å². The van der Waals surface area contributed by atoms with Crippen LogP contribution in [0.1, 0.15) is 41.6 Å². The molecule has 3 aromatic rings. The Hall–Kier alpha value is -3.54. The van der Waals surface area contributed by atoms with E-state index in [1.807, 2.05) is 42.5 Å². The van der Waals surface area contributed by atoms with Crippen molar-refractivity contribution in [2.45, 2.75) is 32.3 Å². The molecule has 2 aromatic carbocycles. The van der Waals surface area contributed by atoms with Crippen LogP contribution in [0.4, 0.5) is 0 Å². The summed E-state index contributed by atoms with van der Waals surface area (Å²) in [6.07, 6.45) is 4.24. The minimum atomic E-state index is -0.291. The molecule has 1 aliphatic rings. The number of rotatable bonds is 5. The number of hydrogen-bond acceptors (Lipinski definition) is 5. The zero-order valence-electron chi connectivity index (χ0n) is 15.9. The van der Waals surface area contributed by atoms with Crippen LogP contribution in [-0.4, -0.2) is 22.4 Å². The van der Waals surface area contributed by atoms with Gasteiger partial charge in [0.05, 0.1) is 0 Å². The van der Waals surface area contributed by atoms with Crippen molar-refractivity contribution in [3.05, 3.63) is 71.9 Å². The molecule has 0 aliphatic heterocycles. The van der Waals surface area contributed by atoms with Gasteiger partial charge in [0.1, 0.15) is 23.7 Å². The Labute approximate surface area is 168 Å². The normalized spacial score (nSPS) is 15.4. The average molecular weight is 387 g/mol. The molecule has 6 nitrogen and oxygen atoms in total. The van der Waals surface area contributed by atoms with E-state index in [9.17, 15) is 9.59 Å². The summed E-state index contributed by atoms with van der Waals surface area (Å²) in [5.74, 6) is 0.610. The summed E-state index contributed by atoms with van der Waals surface area (Å²) in [6, 6.07) is 16.9. The molecule has 1 N–H and O–H groups in total.